The van der Waals surface area contributed by atoms with Gasteiger partial charge in [0.05, 0.1) is 15.8 Å². The quantitative estimate of drug-likeness (QED) is 0.795. The molecule has 3 aromatic rings. The third kappa shape index (κ3) is 1.97. The number of aromatic nitrogens is 3. The Kier molecular flexibility index (Phi) is 2.76. The molecule has 0 atom stereocenters. The summed E-state index contributed by atoms with van der Waals surface area (Å²) in [6, 6.07) is 2.00. The van der Waals surface area contributed by atoms with E-state index < -0.39 is 0 Å². The van der Waals surface area contributed by atoms with Gasteiger partial charge in [-0.1, -0.05) is 0 Å². The predicted octanol–water partition coefficient (Wildman–Crippen LogP) is 3.50. The summed E-state index contributed by atoms with van der Waals surface area (Å²) in [5, 5.41) is 8.52. The van der Waals surface area contributed by atoms with Crippen molar-refractivity contribution in [2.45, 2.75) is 19.4 Å². The summed E-state index contributed by atoms with van der Waals surface area (Å²) in [4.78, 5) is 12.9. The highest BCUT2D eigenvalue weighted by molar-refractivity contribution is 7.17. The van der Waals surface area contributed by atoms with Crippen molar-refractivity contribution in [3.63, 3.8) is 0 Å². The number of thiazole rings is 1. The molecule has 92 valence electrons. The summed E-state index contributed by atoms with van der Waals surface area (Å²) in [6.45, 7) is 4.21. The molecule has 0 saturated carbocycles. The topological polar surface area (TPSA) is 50.7 Å². The number of nitrogens with one attached hydrogen (secondary N) is 1. The lowest BCUT2D eigenvalue weighted by Gasteiger charge is -2.24. The van der Waals surface area contributed by atoms with E-state index in [0.29, 0.717) is 0 Å². The Morgan fingerprint density at radius 3 is 2.78 bits per heavy atom. The van der Waals surface area contributed by atoms with Crippen molar-refractivity contribution in [3.05, 3.63) is 34.4 Å². The lowest BCUT2D eigenvalue weighted by Crippen LogP contribution is -2.28. The maximum absolute atomic E-state index is 4.37. The van der Waals surface area contributed by atoms with E-state index in [-0.39, 0.29) is 5.54 Å². The fourth-order valence-corrected chi connectivity index (χ4v) is 3.27. The van der Waals surface area contributed by atoms with E-state index in [1.807, 2.05) is 23.0 Å². The van der Waals surface area contributed by atoms with Crippen LogP contribution in [0, 0.1) is 0 Å². The smallest absolute Gasteiger partial charge is 0.148 e. The standard InChI is InChI=1S/C12H12N4S2/c1-12(2,11-13-4-6-18-11)16-10-9-8(3-5-17-9)14-7-15-10/h3-7H,1-2H3,(H,14,15,16). The van der Waals surface area contributed by atoms with Crippen LogP contribution >= 0.6 is 22.7 Å². The average molecular weight is 276 g/mol. The van der Waals surface area contributed by atoms with Crippen molar-refractivity contribution >= 4 is 38.7 Å². The highest BCUT2D eigenvalue weighted by atomic mass is 32.1. The normalized spacial score (nSPS) is 11.9. The zero-order valence-electron chi connectivity index (χ0n) is 10.0. The minimum Gasteiger partial charge on any atom is -0.357 e. The fraction of sp³-hybridized carbons (Fsp3) is 0.250. The van der Waals surface area contributed by atoms with E-state index in [2.05, 4.69) is 34.1 Å². The van der Waals surface area contributed by atoms with Crippen LogP contribution in [-0.2, 0) is 5.54 Å². The summed E-state index contributed by atoms with van der Waals surface area (Å²) in [5.41, 5.74) is 0.742. The summed E-state index contributed by atoms with van der Waals surface area (Å²) < 4.78 is 1.09. The molecule has 0 amide bonds. The van der Waals surface area contributed by atoms with Crippen LogP contribution in [0.3, 0.4) is 0 Å². The second kappa shape index (κ2) is 4.29. The van der Waals surface area contributed by atoms with Gasteiger partial charge in [0.15, 0.2) is 0 Å². The van der Waals surface area contributed by atoms with Crippen molar-refractivity contribution in [1.29, 1.82) is 0 Å². The molecule has 3 aromatic heterocycles. The molecule has 0 aromatic carbocycles. The first-order chi connectivity index (χ1) is 8.67. The second-order valence-corrected chi connectivity index (χ2v) is 6.26. The number of hydrogen-bond acceptors (Lipinski definition) is 6. The van der Waals surface area contributed by atoms with E-state index in [1.54, 1.807) is 29.0 Å². The van der Waals surface area contributed by atoms with E-state index >= 15 is 0 Å². The summed E-state index contributed by atoms with van der Waals surface area (Å²) >= 11 is 3.29. The van der Waals surface area contributed by atoms with Gasteiger partial charge < -0.3 is 5.32 Å². The van der Waals surface area contributed by atoms with Crippen molar-refractivity contribution in [3.8, 4) is 0 Å². The molecule has 4 nitrogen and oxygen atoms in total. The van der Waals surface area contributed by atoms with Crippen molar-refractivity contribution in [1.82, 2.24) is 15.0 Å². The lowest BCUT2D eigenvalue weighted by atomic mass is 10.1. The van der Waals surface area contributed by atoms with Gasteiger partial charge in [-0.05, 0) is 25.3 Å². The number of thiophene rings is 1. The van der Waals surface area contributed by atoms with Crippen LogP contribution in [0.2, 0.25) is 0 Å². The van der Waals surface area contributed by atoms with Crippen LogP contribution in [0.15, 0.2) is 29.4 Å². The maximum Gasteiger partial charge on any atom is 0.148 e. The summed E-state index contributed by atoms with van der Waals surface area (Å²) in [6.07, 6.45) is 3.42. The molecule has 0 unspecified atom stereocenters. The Hall–Kier alpha value is -1.53. The first-order valence-electron chi connectivity index (χ1n) is 5.53. The molecule has 0 aliphatic rings. The highest BCUT2D eigenvalue weighted by Crippen LogP contribution is 2.31. The number of rotatable bonds is 3. The van der Waals surface area contributed by atoms with Gasteiger partial charge >= 0.3 is 0 Å². The third-order valence-corrected chi connectivity index (χ3v) is 4.65. The number of anilines is 1. The molecule has 0 spiro atoms. The van der Waals surface area contributed by atoms with Gasteiger partial charge in [-0.3, -0.25) is 0 Å². The second-order valence-electron chi connectivity index (χ2n) is 4.44. The fourth-order valence-electron chi connectivity index (χ4n) is 1.76. The van der Waals surface area contributed by atoms with Gasteiger partial charge in [0, 0.05) is 11.6 Å². The summed E-state index contributed by atoms with van der Waals surface area (Å²) in [7, 11) is 0. The molecule has 18 heavy (non-hydrogen) atoms. The number of nitrogens with zero attached hydrogens (tertiary/aromatic N) is 3. The molecule has 0 saturated heterocycles. The van der Waals surface area contributed by atoms with Gasteiger partial charge in [-0.2, -0.15) is 0 Å². The first-order valence-corrected chi connectivity index (χ1v) is 7.29. The van der Waals surface area contributed by atoms with Gasteiger partial charge in [0.25, 0.3) is 0 Å². The van der Waals surface area contributed by atoms with Crippen LogP contribution in [0.1, 0.15) is 18.9 Å². The van der Waals surface area contributed by atoms with Crippen LogP contribution in [0.25, 0.3) is 10.2 Å². The number of hydrogen-bond donors (Lipinski definition) is 1. The van der Waals surface area contributed by atoms with Crippen LogP contribution in [0.4, 0.5) is 5.82 Å². The minimum absolute atomic E-state index is 0.237. The molecular formula is C12H12N4S2. The SMILES string of the molecule is CC(C)(Nc1ncnc2ccsc12)c1nccs1. The van der Waals surface area contributed by atoms with Gasteiger partial charge in [-0.15, -0.1) is 22.7 Å². The Morgan fingerprint density at radius 2 is 2.00 bits per heavy atom. The average Bonchev–Trinajstić information content (AvgIpc) is 3.00. The molecule has 3 heterocycles. The lowest BCUT2D eigenvalue weighted by molar-refractivity contribution is 0.602. The Morgan fingerprint density at radius 1 is 1.11 bits per heavy atom. The largest absolute Gasteiger partial charge is 0.357 e. The number of fused-ring (bicyclic) bond motifs is 1. The molecule has 3 rings (SSSR count). The molecule has 0 radical (unpaired) electrons. The molecule has 6 heteroatoms. The van der Waals surface area contributed by atoms with Crippen LogP contribution in [0.5, 0.6) is 0 Å². The van der Waals surface area contributed by atoms with Crippen LogP contribution in [-0.4, -0.2) is 15.0 Å². The Bertz CT molecular complexity index is 658. The molecule has 0 aliphatic carbocycles. The molecule has 0 fully saturated rings. The summed E-state index contributed by atoms with van der Waals surface area (Å²) in [5.74, 6) is 0.871. The van der Waals surface area contributed by atoms with E-state index in [1.165, 1.54) is 0 Å². The van der Waals surface area contributed by atoms with Crippen molar-refractivity contribution in [2.75, 3.05) is 5.32 Å². The van der Waals surface area contributed by atoms with Crippen LogP contribution < -0.4 is 5.32 Å². The van der Waals surface area contributed by atoms with Gasteiger partial charge in [0.2, 0.25) is 0 Å². The van der Waals surface area contributed by atoms with E-state index in [4.69, 9.17) is 0 Å². The van der Waals surface area contributed by atoms with Crippen molar-refractivity contribution in [2.24, 2.45) is 0 Å². The third-order valence-electron chi connectivity index (χ3n) is 2.64. The maximum atomic E-state index is 4.37. The molecular weight excluding hydrogens is 264 g/mol. The molecule has 0 bridgehead atoms. The van der Waals surface area contributed by atoms with Gasteiger partial charge in [0.1, 0.15) is 17.2 Å². The van der Waals surface area contributed by atoms with Gasteiger partial charge in [-0.25, -0.2) is 15.0 Å². The Balaban J connectivity index is 1.99. The monoisotopic (exact) mass is 276 g/mol. The zero-order chi connectivity index (χ0) is 12.6. The van der Waals surface area contributed by atoms with E-state index in [0.717, 1.165) is 21.0 Å². The highest BCUT2D eigenvalue weighted by Gasteiger charge is 2.24. The molecule has 1 N–H and O–H groups in total. The molecule has 0 aliphatic heterocycles. The predicted molar refractivity (Wildman–Crippen MR) is 76.2 cm³/mol. The Labute approximate surface area is 113 Å². The first kappa shape index (κ1) is 11.6. The van der Waals surface area contributed by atoms with E-state index in [9.17, 15) is 0 Å². The minimum atomic E-state index is -0.237. The zero-order valence-corrected chi connectivity index (χ0v) is 11.7. The van der Waals surface area contributed by atoms with Crippen molar-refractivity contribution < 1.29 is 0 Å².